The van der Waals surface area contributed by atoms with Gasteiger partial charge in [0, 0.05) is 6.54 Å². The van der Waals surface area contributed by atoms with E-state index in [4.69, 9.17) is 0 Å². The monoisotopic (exact) mass is 305 g/mol. The van der Waals surface area contributed by atoms with Crippen molar-refractivity contribution in [3.05, 3.63) is 29.8 Å². The van der Waals surface area contributed by atoms with E-state index in [1.54, 1.807) is 0 Å². The molecule has 0 amide bonds. The second-order valence-electron chi connectivity index (χ2n) is 5.04. The van der Waals surface area contributed by atoms with Crippen LogP contribution in [0.1, 0.15) is 25.7 Å². The summed E-state index contributed by atoms with van der Waals surface area (Å²) in [5.41, 5.74) is 0. The Bertz CT molecular complexity index is 571. The van der Waals surface area contributed by atoms with Crippen molar-refractivity contribution in [2.24, 2.45) is 5.92 Å². The van der Waals surface area contributed by atoms with E-state index < -0.39 is 32.7 Å². The van der Waals surface area contributed by atoms with Gasteiger partial charge in [0.2, 0.25) is 10.0 Å². The molecule has 112 valence electrons. The number of aliphatic hydroxyl groups is 1. The molecular weight excluding hydrogens is 288 g/mol. The maximum Gasteiger partial charge on any atom is 0.243 e. The lowest BCUT2D eigenvalue weighted by molar-refractivity contribution is 0.115. The lowest BCUT2D eigenvalue weighted by atomic mass is 10.0. The minimum atomic E-state index is -4.16. The number of benzene rings is 1. The van der Waals surface area contributed by atoms with Gasteiger partial charge in [-0.25, -0.2) is 21.9 Å². The number of aliphatic hydroxyl groups excluding tert-OH is 1. The first kappa shape index (κ1) is 15.3. The molecule has 2 rings (SSSR count). The molecular formula is C13H17F2NO3S. The molecule has 20 heavy (non-hydrogen) atoms. The molecule has 1 aromatic rings. The van der Waals surface area contributed by atoms with Crippen LogP contribution in [0.2, 0.25) is 0 Å². The summed E-state index contributed by atoms with van der Waals surface area (Å²) in [5, 5.41) is 9.89. The average Bonchev–Trinajstić information content (AvgIpc) is 2.93. The third-order valence-electron chi connectivity index (χ3n) is 3.61. The molecule has 0 spiro atoms. The van der Waals surface area contributed by atoms with E-state index in [9.17, 15) is 22.3 Å². The van der Waals surface area contributed by atoms with Crippen LogP contribution in [0.5, 0.6) is 0 Å². The molecule has 1 aliphatic rings. The Hall–Kier alpha value is -1.05. The first-order valence-corrected chi connectivity index (χ1v) is 8.01. The number of hydrogen-bond donors (Lipinski definition) is 2. The van der Waals surface area contributed by atoms with Gasteiger partial charge in [0.1, 0.15) is 16.5 Å². The Morgan fingerprint density at radius 3 is 2.60 bits per heavy atom. The van der Waals surface area contributed by atoms with Crippen LogP contribution in [0.4, 0.5) is 8.78 Å². The predicted octanol–water partition coefficient (Wildman–Crippen LogP) is 1.79. The Labute approximate surface area is 116 Å². The molecule has 1 aromatic carbocycles. The largest absolute Gasteiger partial charge is 0.391 e. The normalized spacial score (nSPS) is 18.4. The van der Waals surface area contributed by atoms with E-state index in [-0.39, 0.29) is 12.5 Å². The molecule has 1 atom stereocenters. The lowest BCUT2D eigenvalue weighted by Gasteiger charge is -2.18. The number of nitrogens with one attached hydrogen (secondary N) is 1. The van der Waals surface area contributed by atoms with Crippen molar-refractivity contribution in [1.29, 1.82) is 0 Å². The molecule has 1 fully saturated rings. The van der Waals surface area contributed by atoms with Gasteiger partial charge in [-0.2, -0.15) is 0 Å². The topological polar surface area (TPSA) is 66.4 Å². The average molecular weight is 305 g/mol. The highest BCUT2D eigenvalue weighted by molar-refractivity contribution is 7.89. The number of halogens is 2. The van der Waals surface area contributed by atoms with Gasteiger partial charge in [0.05, 0.1) is 6.10 Å². The Morgan fingerprint density at radius 1 is 1.30 bits per heavy atom. The molecule has 0 bridgehead atoms. The van der Waals surface area contributed by atoms with E-state index in [1.807, 2.05) is 0 Å². The van der Waals surface area contributed by atoms with Gasteiger partial charge in [-0.15, -0.1) is 0 Å². The fourth-order valence-electron chi connectivity index (χ4n) is 2.46. The molecule has 0 saturated heterocycles. The maximum atomic E-state index is 13.4. The summed E-state index contributed by atoms with van der Waals surface area (Å²) < 4.78 is 52.4. The van der Waals surface area contributed by atoms with Crippen molar-refractivity contribution in [2.45, 2.75) is 36.7 Å². The summed E-state index contributed by atoms with van der Waals surface area (Å²) >= 11 is 0. The van der Waals surface area contributed by atoms with E-state index in [1.165, 1.54) is 0 Å². The third kappa shape index (κ3) is 3.53. The summed E-state index contributed by atoms with van der Waals surface area (Å²) in [5.74, 6) is -1.78. The molecule has 0 aromatic heterocycles. The van der Waals surface area contributed by atoms with E-state index in [0.29, 0.717) is 6.07 Å². The molecule has 7 heteroatoms. The molecule has 0 radical (unpaired) electrons. The minimum Gasteiger partial charge on any atom is -0.391 e. The van der Waals surface area contributed by atoms with Crippen LogP contribution in [-0.4, -0.2) is 26.2 Å². The number of rotatable bonds is 5. The number of sulfonamides is 1. The van der Waals surface area contributed by atoms with Gasteiger partial charge in [-0.3, -0.25) is 0 Å². The minimum absolute atomic E-state index is 0.0649. The zero-order valence-electron chi connectivity index (χ0n) is 10.9. The van der Waals surface area contributed by atoms with Crippen molar-refractivity contribution in [3.8, 4) is 0 Å². The maximum absolute atomic E-state index is 13.4. The summed E-state index contributed by atoms with van der Waals surface area (Å²) in [4.78, 5) is -0.740. The van der Waals surface area contributed by atoms with Crippen LogP contribution in [0.3, 0.4) is 0 Å². The highest BCUT2D eigenvalue weighted by Gasteiger charge is 2.26. The summed E-state index contributed by atoms with van der Waals surface area (Å²) in [6.07, 6.45) is 2.96. The smallest absolute Gasteiger partial charge is 0.243 e. The van der Waals surface area contributed by atoms with Crippen LogP contribution in [-0.2, 0) is 10.0 Å². The van der Waals surface area contributed by atoms with Crippen molar-refractivity contribution < 1.29 is 22.3 Å². The van der Waals surface area contributed by atoms with Gasteiger partial charge in [-0.1, -0.05) is 12.8 Å². The Morgan fingerprint density at radius 2 is 1.95 bits per heavy atom. The van der Waals surface area contributed by atoms with E-state index in [2.05, 4.69) is 4.72 Å². The summed E-state index contributed by atoms with van der Waals surface area (Å²) in [6.45, 7) is -0.192. The SMILES string of the molecule is O=S(=O)(NCC(O)C1CCCC1)c1cc(F)ccc1F. The zero-order chi connectivity index (χ0) is 14.8. The summed E-state index contributed by atoms with van der Waals surface area (Å²) in [6, 6.07) is 2.23. The van der Waals surface area contributed by atoms with Gasteiger partial charge < -0.3 is 5.11 Å². The predicted molar refractivity (Wildman–Crippen MR) is 69.5 cm³/mol. The molecule has 4 nitrogen and oxygen atoms in total. The second kappa shape index (κ2) is 6.15. The van der Waals surface area contributed by atoms with Crippen molar-refractivity contribution in [2.75, 3.05) is 6.54 Å². The summed E-state index contributed by atoms with van der Waals surface area (Å²) in [7, 11) is -4.16. The van der Waals surface area contributed by atoms with Gasteiger partial charge in [-0.05, 0) is 37.0 Å². The second-order valence-corrected chi connectivity index (χ2v) is 6.77. The van der Waals surface area contributed by atoms with Crippen LogP contribution in [0, 0.1) is 17.6 Å². The van der Waals surface area contributed by atoms with E-state index >= 15 is 0 Å². The molecule has 0 heterocycles. The molecule has 0 aliphatic heterocycles. The zero-order valence-corrected chi connectivity index (χ0v) is 11.7. The third-order valence-corrected chi connectivity index (χ3v) is 5.05. The highest BCUT2D eigenvalue weighted by atomic mass is 32.2. The lowest BCUT2D eigenvalue weighted by Crippen LogP contribution is -2.36. The standard InChI is InChI=1S/C13H17F2NO3S/c14-10-5-6-11(15)13(7-10)20(18,19)16-8-12(17)9-3-1-2-4-9/h5-7,9,12,16-17H,1-4,8H2. The molecule has 2 N–H and O–H groups in total. The number of hydrogen-bond acceptors (Lipinski definition) is 3. The van der Waals surface area contributed by atoms with Crippen molar-refractivity contribution >= 4 is 10.0 Å². The van der Waals surface area contributed by atoms with Crippen LogP contribution < -0.4 is 4.72 Å². The van der Waals surface area contributed by atoms with Crippen molar-refractivity contribution in [1.82, 2.24) is 4.72 Å². The molecule has 1 saturated carbocycles. The van der Waals surface area contributed by atoms with Gasteiger partial charge in [0.15, 0.2) is 0 Å². The molecule has 1 aliphatic carbocycles. The highest BCUT2D eigenvalue weighted by Crippen LogP contribution is 2.27. The van der Waals surface area contributed by atoms with Crippen LogP contribution >= 0.6 is 0 Å². The van der Waals surface area contributed by atoms with E-state index in [0.717, 1.165) is 37.8 Å². The van der Waals surface area contributed by atoms with Crippen LogP contribution in [0.15, 0.2) is 23.1 Å². The fourth-order valence-corrected chi connectivity index (χ4v) is 3.60. The van der Waals surface area contributed by atoms with Gasteiger partial charge >= 0.3 is 0 Å². The molecule has 1 unspecified atom stereocenters. The van der Waals surface area contributed by atoms with Gasteiger partial charge in [0.25, 0.3) is 0 Å². The first-order valence-electron chi connectivity index (χ1n) is 6.53. The fraction of sp³-hybridized carbons (Fsp3) is 0.538. The van der Waals surface area contributed by atoms with Crippen molar-refractivity contribution in [3.63, 3.8) is 0 Å². The Kier molecular flexibility index (Phi) is 4.72. The quantitative estimate of drug-likeness (QED) is 0.871. The van der Waals surface area contributed by atoms with Crippen LogP contribution in [0.25, 0.3) is 0 Å². The first-order chi connectivity index (χ1) is 9.40. The Balaban J connectivity index is 2.05.